The molecule has 112 valence electrons. The first-order chi connectivity index (χ1) is 9.38. The van der Waals surface area contributed by atoms with Crippen molar-refractivity contribution in [2.75, 3.05) is 32.7 Å². The van der Waals surface area contributed by atoms with Crippen LogP contribution in [-0.4, -0.2) is 48.7 Å². The Labute approximate surface area is 119 Å². The molecule has 1 aliphatic carbocycles. The van der Waals surface area contributed by atoms with Gasteiger partial charge in [-0.05, 0) is 38.8 Å². The molecule has 1 heterocycles. The predicted octanol–water partition coefficient (Wildman–Crippen LogP) is 3.02. The lowest BCUT2D eigenvalue weighted by molar-refractivity contribution is 0.141. The molecule has 2 aliphatic rings. The van der Waals surface area contributed by atoms with E-state index in [2.05, 4.69) is 22.3 Å². The van der Waals surface area contributed by atoms with E-state index in [-0.39, 0.29) is 0 Å². The van der Waals surface area contributed by atoms with E-state index in [4.69, 9.17) is 0 Å². The minimum Gasteiger partial charge on any atom is -0.302 e. The Bertz CT molecular complexity index is 226. The van der Waals surface area contributed by atoms with Gasteiger partial charge in [0.05, 0.1) is 0 Å². The molecule has 0 aromatic rings. The molecule has 0 aromatic carbocycles. The fraction of sp³-hybridized carbons (Fsp3) is 1.00. The van der Waals surface area contributed by atoms with E-state index < -0.39 is 0 Å². The quantitative estimate of drug-likeness (QED) is 0.746. The van der Waals surface area contributed by atoms with Crippen LogP contribution in [-0.2, 0) is 0 Å². The van der Waals surface area contributed by atoms with Crippen LogP contribution in [0.4, 0.5) is 0 Å². The van der Waals surface area contributed by atoms with Crippen molar-refractivity contribution >= 4 is 0 Å². The van der Waals surface area contributed by atoms with E-state index in [1.807, 2.05) is 0 Å². The maximum Gasteiger partial charge on any atom is 0.0258 e. The smallest absolute Gasteiger partial charge is 0.0258 e. The summed E-state index contributed by atoms with van der Waals surface area (Å²) in [6.07, 6.45) is 12.5. The number of nitrogens with zero attached hydrogens (tertiary/aromatic N) is 2. The van der Waals surface area contributed by atoms with Gasteiger partial charge in [-0.15, -0.1) is 0 Å². The van der Waals surface area contributed by atoms with Crippen LogP contribution in [0.5, 0.6) is 0 Å². The lowest BCUT2D eigenvalue weighted by atomic mass is 9.96. The fourth-order valence-corrected chi connectivity index (χ4v) is 3.40. The average Bonchev–Trinajstić information content (AvgIpc) is 2.66. The third-order valence-electron chi connectivity index (χ3n) is 4.64. The molecule has 1 saturated heterocycles. The van der Waals surface area contributed by atoms with E-state index in [1.54, 1.807) is 0 Å². The molecule has 19 heavy (non-hydrogen) atoms. The van der Waals surface area contributed by atoms with Gasteiger partial charge in [-0.25, -0.2) is 5.01 Å². The van der Waals surface area contributed by atoms with Crippen molar-refractivity contribution in [1.29, 1.82) is 0 Å². The van der Waals surface area contributed by atoms with Crippen LogP contribution < -0.4 is 5.43 Å². The summed E-state index contributed by atoms with van der Waals surface area (Å²) in [5.41, 5.74) is 3.79. The molecule has 0 unspecified atom stereocenters. The highest BCUT2D eigenvalue weighted by Gasteiger charge is 2.19. The minimum atomic E-state index is 0.764. The van der Waals surface area contributed by atoms with Gasteiger partial charge in [-0.2, -0.15) is 0 Å². The summed E-state index contributed by atoms with van der Waals surface area (Å²) in [4.78, 5) is 2.66. The zero-order valence-corrected chi connectivity index (χ0v) is 12.9. The Morgan fingerprint density at radius 2 is 1.74 bits per heavy atom. The molecule has 1 saturated carbocycles. The zero-order valence-electron chi connectivity index (χ0n) is 12.9. The van der Waals surface area contributed by atoms with Gasteiger partial charge < -0.3 is 4.90 Å². The Morgan fingerprint density at radius 1 is 0.895 bits per heavy atom. The van der Waals surface area contributed by atoms with Crippen molar-refractivity contribution in [3.8, 4) is 0 Å². The van der Waals surface area contributed by atoms with Crippen molar-refractivity contribution in [2.45, 2.75) is 70.8 Å². The van der Waals surface area contributed by atoms with Gasteiger partial charge in [0, 0.05) is 25.7 Å². The second-order valence-corrected chi connectivity index (χ2v) is 6.35. The number of unbranched alkanes of at least 4 members (excludes halogenated alkanes) is 2. The molecule has 1 N–H and O–H groups in total. The zero-order chi connectivity index (χ0) is 13.3. The summed E-state index contributed by atoms with van der Waals surface area (Å²) < 4.78 is 0. The van der Waals surface area contributed by atoms with Gasteiger partial charge in [-0.1, -0.05) is 39.0 Å². The van der Waals surface area contributed by atoms with Crippen molar-refractivity contribution < 1.29 is 0 Å². The van der Waals surface area contributed by atoms with E-state index in [0.29, 0.717) is 0 Å². The maximum atomic E-state index is 3.79. The first-order valence-corrected chi connectivity index (χ1v) is 8.62. The Morgan fingerprint density at radius 3 is 2.53 bits per heavy atom. The number of hydrogen-bond acceptors (Lipinski definition) is 3. The standard InChI is InChI=1S/C16H33N3/c1-2-3-7-11-18-12-8-13-19(15-14-18)17-16-9-5-4-6-10-16/h16-17H,2-15H2,1H3. The molecular formula is C16H33N3. The predicted molar refractivity (Wildman–Crippen MR) is 82.2 cm³/mol. The Kier molecular flexibility index (Phi) is 7.18. The lowest BCUT2D eigenvalue weighted by Crippen LogP contribution is -2.47. The van der Waals surface area contributed by atoms with Crippen LogP contribution >= 0.6 is 0 Å². The summed E-state index contributed by atoms with van der Waals surface area (Å²) in [6, 6.07) is 0.764. The average molecular weight is 267 g/mol. The summed E-state index contributed by atoms with van der Waals surface area (Å²) in [5.74, 6) is 0. The van der Waals surface area contributed by atoms with Gasteiger partial charge in [0.25, 0.3) is 0 Å². The monoisotopic (exact) mass is 267 g/mol. The van der Waals surface area contributed by atoms with Crippen LogP contribution in [0.2, 0.25) is 0 Å². The first kappa shape index (κ1) is 15.3. The van der Waals surface area contributed by atoms with Gasteiger partial charge in [0.1, 0.15) is 0 Å². The fourth-order valence-electron chi connectivity index (χ4n) is 3.40. The van der Waals surface area contributed by atoms with E-state index in [0.717, 1.165) is 6.04 Å². The topological polar surface area (TPSA) is 18.5 Å². The van der Waals surface area contributed by atoms with Gasteiger partial charge in [-0.3, -0.25) is 5.43 Å². The van der Waals surface area contributed by atoms with Crippen molar-refractivity contribution in [3.63, 3.8) is 0 Å². The summed E-state index contributed by atoms with van der Waals surface area (Å²) in [7, 11) is 0. The van der Waals surface area contributed by atoms with Gasteiger partial charge in [0.2, 0.25) is 0 Å². The SMILES string of the molecule is CCCCCN1CCCN(NC2CCCCC2)CC1. The van der Waals surface area contributed by atoms with Crippen LogP contribution in [0.15, 0.2) is 0 Å². The Hall–Kier alpha value is -0.120. The van der Waals surface area contributed by atoms with Crippen molar-refractivity contribution in [1.82, 2.24) is 15.3 Å². The number of rotatable bonds is 6. The van der Waals surface area contributed by atoms with Crippen LogP contribution in [0, 0.1) is 0 Å². The van der Waals surface area contributed by atoms with Crippen LogP contribution in [0.3, 0.4) is 0 Å². The molecule has 0 aromatic heterocycles. The first-order valence-electron chi connectivity index (χ1n) is 8.62. The van der Waals surface area contributed by atoms with Crippen LogP contribution in [0.1, 0.15) is 64.7 Å². The third-order valence-corrected chi connectivity index (χ3v) is 4.64. The number of hydrazine groups is 1. The summed E-state index contributed by atoms with van der Waals surface area (Å²) >= 11 is 0. The van der Waals surface area contributed by atoms with Crippen molar-refractivity contribution in [3.05, 3.63) is 0 Å². The second kappa shape index (κ2) is 8.93. The molecular weight excluding hydrogens is 234 g/mol. The number of hydrogen-bond donors (Lipinski definition) is 1. The molecule has 2 fully saturated rings. The molecule has 1 aliphatic heterocycles. The molecule has 3 heteroatoms. The van der Waals surface area contributed by atoms with Crippen molar-refractivity contribution in [2.24, 2.45) is 0 Å². The Balaban J connectivity index is 1.64. The van der Waals surface area contributed by atoms with E-state index in [9.17, 15) is 0 Å². The van der Waals surface area contributed by atoms with Gasteiger partial charge >= 0.3 is 0 Å². The molecule has 0 spiro atoms. The lowest BCUT2D eigenvalue weighted by Gasteiger charge is -2.30. The largest absolute Gasteiger partial charge is 0.302 e. The summed E-state index contributed by atoms with van der Waals surface area (Å²) in [6.45, 7) is 8.60. The normalized spacial score (nSPS) is 24.5. The third kappa shape index (κ3) is 5.80. The maximum absolute atomic E-state index is 3.79. The minimum absolute atomic E-state index is 0.764. The molecule has 0 radical (unpaired) electrons. The molecule has 3 nitrogen and oxygen atoms in total. The molecule has 0 bridgehead atoms. The highest BCUT2D eigenvalue weighted by Crippen LogP contribution is 2.18. The molecule has 2 rings (SSSR count). The van der Waals surface area contributed by atoms with E-state index in [1.165, 1.54) is 90.5 Å². The highest BCUT2D eigenvalue weighted by molar-refractivity contribution is 4.74. The van der Waals surface area contributed by atoms with Gasteiger partial charge in [0.15, 0.2) is 0 Å². The summed E-state index contributed by atoms with van der Waals surface area (Å²) in [5, 5.41) is 2.51. The highest BCUT2D eigenvalue weighted by atomic mass is 15.5. The molecule has 0 atom stereocenters. The van der Waals surface area contributed by atoms with Crippen LogP contribution in [0.25, 0.3) is 0 Å². The molecule has 0 amide bonds. The number of nitrogens with one attached hydrogen (secondary N) is 1. The van der Waals surface area contributed by atoms with E-state index >= 15 is 0 Å². The second-order valence-electron chi connectivity index (χ2n) is 6.35.